The van der Waals surface area contributed by atoms with Crippen molar-refractivity contribution in [3.63, 3.8) is 0 Å². The van der Waals surface area contributed by atoms with E-state index in [1.807, 2.05) is 0 Å². The van der Waals surface area contributed by atoms with Gasteiger partial charge in [0, 0.05) is 4.47 Å². The number of rotatable bonds is 1. The Morgan fingerprint density at radius 2 is 1.60 bits per heavy atom. The van der Waals surface area contributed by atoms with Gasteiger partial charge in [0.1, 0.15) is 0 Å². The largest absolute Gasteiger partial charge is 0.0817 e. The van der Waals surface area contributed by atoms with Gasteiger partial charge < -0.3 is 0 Å². The lowest BCUT2D eigenvalue weighted by atomic mass is 10.4. The fraction of sp³-hybridized carbons (Fsp3) is 0.250. The standard InChI is InChI=1S/C8H10BrP/c1-10(2)8-5-3-7(9)4-6-8/h3-6H,1-2H3. The van der Waals surface area contributed by atoms with E-state index in [1.54, 1.807) is 0 Å². The summed E-state index contributed by atoms with van der Waals surface area (Å²) < 4.78 is 1.16. The van der Waals surface area contributed by atoms with Crippen LogP contribution in [0.2, 0.25) is 0 Å². The molecule has 0 aliphatic heterocycles. The van der Waals surface area contributed by atoms with Crippen LogP contribution in [0.5, 0.6) is 0 Å². The summed E-state index contributed by atoms with van der Waals surface area (Å²) in [7, 11) is 0.0712. The molecule has 0 unspecified atom stereocenters. The molecule has 1 aromatic rings. The van der Waals surface area contributed by atoms with E-state index < -0.39 is 0 Å². The molecule has 0 saturated carbocycles. The molecule has 0 amide bonds. The van der Waals surface area contributed by atoms with Crippen LogP contribution < -0.4 is 5.30 Å². The quantitative estimate of drug-likeness (QED) is 0.634. The molecular weight excluding hydrogens is 207 g/mol. The Morgan fingerprint density at radius 3 is 2.00 bits per heavy atom. The van der Waals surface area contributed by atoms with Crippen molar-refractivity contribution >= 4 is 29.2 Å². The third-order valence-electron chi connectivity index (χ3n) is 1.34. The highest BCUT2D eigenvalue weighted by molar-refractivity contribution is 9.10. The molecule has 2 heteroatoms. The average molecular weight is 217 g/mol. The molecule has 0 fully saturated rings. The van der Waals surface area contributed by atoms with Gasteiger partial charge in [-0.25, -0.2) is 0 Å². The minimum atomic E-state index is 0.0712. The van der Waals surface area contributed by atoms with Crippen molar-refractivity contribution in [3.8, 4) is 0 Å². The predicted octanol–water partition coefficient (Wildman–Crippen LogP) is 2.82. The van der Waals surface area contributed by atoms with E-state index in [-0.39, 0.29) is 7.92 Å². The molecule has 0 atom stereocenters. The van der Waals surface area contributed by atoms with Gasteiger partial charge in [-0.1, -0.05) is 36.0 Å². The maximum Gasteiger partial charge on any atom is 0.0175 e. The van der Waals surface area contributed by atoms with E-state index in [0.717, 1.165) is 4.47 Å². The number of hydrogen-bond donors (Lipinski definition) is 0. The molecule has 10 heavy (non-hydrogen) atoms. The van der Waals surface area contributed by atoms with Crippen molar-refractivity contribution in [2.24, 2.45) is 0 Å². The van der Waals surface area contributed by atoms with E-state index >= 15 is 0 Å². The second-order valence-electron chi connectivity index (χ2n) is 2.37. The van der Waals surface area contributed by atoms with Crippen LogP contribution in [0, 0.1) is 0 Å². The summed E-state index contributed by atoms with van der Waals surface area (Å²) in [6.07, 6.45) is 0. The number of hydrogen-bond acceptors (Lipinski definition) is 0. The molecule has 1 aromatic carbocycles. The number of benzene rings is 1. The smallest absolute Gasteiger partial charge is 0.0175 e. The molecule has 1 rings (SSSR count). The van der Waals surface area contributed by atoms with Crippen molar-refractivity contribution in [3.05, 3.63) is 28.7 Å². The average Bonchev–Trinajstić information content (AvgIpc) is 1.88. The molecule has 0 saturated heterocycles. The maximum absolute atomic E-state index is 3.40. The topological polar surface area (TPSA) is 0 Å². The van der Waals surface area contributed by atoms with E-state index in [2.05, 4.69) is 53.5 Å². The second-order valence-corrected chi connectivity index (χ2v) is 5.59. The van der Waals surface area contributed by atoms with E-state index in [1.165, 1.54) is 5.30 Å². The Morgan fingerprint density at radius 1 is 1.10 bits per heavy atom. The molecule has 0 aliphatic carbocycles. The van der Waals surface area contributed by atoms with Gasteiger partial charge in [0.2, 0.25) is 0 Å². The highest BCUT2D eigenvalue weighted by Gasteiger charge is 1.95. The van der Waals surface area contributed by atoms with Crippen molar-refractivity contribution < 1.29 is 0 Å². The normalized spacial score (nSPS) is 10.4. The van der Waals surface area contributed by atoms with Gasteiger partial charge >= 0.3 is 0 Å². The summed E-state index contributed by atoms with van der Waals surface area (Å²) in [5, 5.41) is 1.46. The molecule has 0 aromatic heterocycles. The Kier molecular flexibility index (Phi) is 2.88. The van der Waals surface area contributed by atoms with Crippen molar-refractivity contribution in [1.29, 1.82) is 0 Å². The van der Waals surface area contributed by atoms with Gasteiger partial charge in [0.15, 0.2) is 0 Å². The molecule has 0 aliphatic rings. The first-order valence-corrected chi connectivity index (χ1v) is 6.16. The molecule has 0 heterocycles. The Bertz CT molecular complexity index is 203. The first-order valence-electron chi connectivity index (χ1n) is 3.13. The number of halogens is 1. The lowest BCUT2D eigenvalue weighted by molar-refractivity contribution is 1.70. The summed E-state index contributed by atoms with van der Waals surface area (Å²) in [4.78, 5) is 0. The summed E-state index contributed by atoms with van der Waals surface area (Å²) in [5.41, 5.74) is 0. The zero-order chi connectivity index (χ0) is 7.56. The van der Waals surface area contributed by atoms with Crippen LogP contribution in [0.4, 0.5) is 0 Å². The van der Waals surface area contributed by atoms with Gasteiger partial charge in [-0.05, 0) is 30.8 Å². The van der Waals surface area contributed by atoms with Crippen LogP contribution in [0.3, 0.4) is 0 Å². The molecule has 0 bridgehead atoms. The van der Waals surface area contributed by atoms with E-state index in [4.69, 9.17) is 0 Å². The Balaban J connectivity index is 2.89. The molecule has 54 valence electrons. The Labute approximate surface area is 71.5 Å². The van der Waals surface area contributed by atoms with Gasteiger partial charge in [0.25, 0.3) is 0 Å². The summed E-state index contributed by atoms with van der Waals surface area (Å²) >= 11 is 3.40. The summed E-state index contributed by atoms with van der Waals surface area (Å²) in [5.74, 6) is 0. The predicted molar refractivity (Wildman–Crippen MR) is 52.5 cm³/mol. The van der Waals surface area contributed by atoms with Crippen LogP contribution in [0.1, 0.15) is 0 Å². The highest BCUT2D eigenvalue weighted by atomic mass is 79.9. The summed E-state index contributed by atoms with van der Waals surface area (Å²) in [6, 6.07) is 8.54. The van der Waals surface area contributed by atoms with Gasteiger partial charge in [0.05, 0.1) is 0 Å². The molecule has 0 spiro atoms. The monoisotopic (exact) mass is 216 g/mol. The fourth-order valence-electron chi connectivity index (χ4n) is 0.739. The van der Waals surface area contributed by atoms with Gasteiger partial charge in [-0.15, -0.1) is 0 Å². The lowest BCUT2D eigenvalue weighted by Gasteiger charge is -2.03. The van der Waals surface area contributed by atoms with Crippen molar-refractivity contribution in [1.82, 2.24) is 0 Å². The minimum absolute atomic E-state index is 0.0712. The van der Waals surface area contributed by atoms with Crippen molar-refractivity contribution in [2.45, 2.75) is 0 Å². The van der Waals surface area contributed by atoms with Crippen LogP contribution in [0.15, 0.2) is 28.7 Å². The first-order chi connectivity index (χ1) is 4.70. The maximum atomic E-state index is 3.40. The van der Waals surface area contributed by atoms with Gasteiger partial charge in [-0.3, -0.25) is 0 Å². The fourth-order valence-corrected chi connectivity index (χ4v) is 1.75. The molecule has 0 N–H and O–H groups in total. The van der Waals surface area contributed by atoms with Crippen LogP contribution >= 0.6 is 23.9 Å². The zero-order valence-electron chi connectivity index (χ0n) is 6.13. The SMILES string of the molecule is CP(C)c1ccc(Br)cc1. The zero-order valence-corrected chi connectivity index (χ0v) is 8.62. The molecule has 0 radical (unpaired) electrons. The van der Waals surface area contributed by atoms with Crippen molar-refractivity contribution in [2.75, 3.05) is 13.3 Å². The van der Waals surface area contributed by atoms with Crippen LogP contribution in [-0.2, 0) is 0 Å². The highest BCUT2D eigenvalue weighted by Crippen LogP contribution is 2.23. The summed E-state index contributed by atoms with van der Waals surface area (Å²) in [6.45, 7) is 4.52. The molecule has 0 nitrogen and oxygen atoms in total. The van der Waals surface area contributed by atoms with E-state index in [9.17, 15) is 0 Å². The molecular formula is C8H10BrP. The third-order valence-corrected chi connectivity index (χ3v) is 3.20. The van der Waals surface area contributed by atoms with Crippen LogP contribution in [-0.4, -0.2) is 13.3 Å². The van der Waals surface area contributed by atoms with E-state index in [0.29, 0.717) is 0 Å². The third kappa shape index (κ3) is 2.07. The lowest BCUT2D eigenvalue weighted by Crippen LogP contribution is -1.96. The van der Waals surface area contributed by atoms with Crippen LogP contribution in [0.25, 0.3) is 0 Å². The second kappa shape index (κ2) is 3.50. The minimum Gasteiger partial charge on any atom is -0.0817 e. The Hall–Kier alpha value is 0.130. The van der Waals surface area contributed by atoms with Gasteiger partial charge in [-0.2, -0.15) is 0 Å². The first kappa shape index (κ1) is 8.23.